The summed E-state index contributed by atoms with van der Waals surface area (Å²) < 4.78 is 10.9. The average Bonchev–Trinajstić information content (AvgIpc) is 2.77. The predicted octanol–water partition coefficient (Wildman–Crippen LogP) is 6.97. The molecular weight excluding hydrogens is 404 g/mol. The zero-order chi connectivity index (χ0) is 24.0. The summed E-state index contributed by atoms with van der Waals surface area (Å²) in [6.07, 6.45) is 16.8. The Hall–Kier alpha value is -1.65. The Labute approximate surface area is 196 Å². The SMILES string of the molecule is CCCCCOC(=O)CC(C(=O)OCCCCC)C(/C=C/CCCCCCC(C)=O)CC. The molecule has 0 bridgehead atoms. The van der Waals surface area contributed by atoms with Crippen LogP contribution in [0.3, 0.4) is 0 Å². The van der Waals surface area contributed by atoms with Crippen molar-refractivity contribution < 1.29 is 23.9 Å². The topological polar surface area (TPSA) is 69.7 Å². The van der Waals surface area contributed by atoms with E-state index in [4.69, 9.17) is 9.47 Å². The standard InChI is InChI=1S/C27H48O5/c1-5-8-16-20-31-26(29)22-25(27(30)32-21-17-9-6-2)24(7-3)19-15-13-11-10-12-14-18-23(4)28/h15,19,24-25H,5-14,16-18,20-22H2,1-4H3/b19-15+. The van der Waals surface area contributed by atoms with Gasteiger partial charge >= 0.3 is 11.9 Å². The van der Waals surface area contributed by atoms with Gasteiger partial charge in [0.2, 0.25) is 0 Å². The lowest BCUT2D eigenvalue weighted by Crippen LogP contribution is -2.28. The first kappa shape index (κ1) is 30.4. The van der Waals surface area contributed by atoms with Crippen LogP contribution in [0, 0.1) is 11.8 Å². The molecule has 0 rings (SSSR count). The molecule has 0 radical (unpaired) electrons. The number of hydrogen-bond acceptors (Lipinski definition) is 5. The molecule has 32 heavy (non-hydrogen) atoms. The molecule has 0 fully saturated rings. The Morgan fingerprint density at radius 2 is 1.41 bits per heavy atom. The van der Waals surface area contributed by atoms with Crippen LogP contribution in [0.2, 0.25) is 0 Å². The van der Waals surface area contributed by atoms with Crippen LogP contribution in [0.4, 0.5) is 0 Å². The lowest BCUT2D eigenvalue weighted by Gasteiger charge is -2.22. The van der Waals surface area contributed by atoms with E-state index in [1.165, 1.54) is 0 Å². The number of rotatable bonds is 21. The highest BCUT2D eigenvalue weighted by Gasteiger charge is 2.30. The largest absolute Gasteiger partial charge is 0.466 e. The number of ketones is 1. The van der Waals surface area contributed by atoms with E-state index in [0.717, 1.165) is 77.0 Å². The molecule has 2 unspecified atom stereocenters. The third-order valence-electron chi connectivity index (χ3n) is 5.71. The van der Waals surface area contributed by atoms with Crippen molar-refractivity contribution in [1.29, 1.82) is 0 Å². The van der Waals surface area contributed by atoms with E-state index in [1.54, 1.807) is 6.92 Å². The second-order valence-electron chi connectivity index (χ2n) is 8.77. The van der Waals surface area contributed by atoms with Crippen molar-refractivity contribution in [2.45, 2.75) is 118 Å². The molecule has 186 valence electrons. The molecule has 0 aliphatic rings. The molecule has 0 aromatic heterocycles. The normalized spacial score (nSPS) is 13.1. The number of allylic oxidation sites excluding steroid dienone is 2. The Morgan fingerprint density at radius 3 is 2.00 bits per heavy atom. The van der Waals surface area contributed by atoms with Crippen LogP contribution in [0.1, 0.15) is 118 Å². The van der Waals surface area contributed by atoms with Crippen LogP contribution in [-0.4, -0.2) is 30.9 Å². The van der Waals surface area contributed by atoms with E-state index in [-0.39, 0.29) is 30.1 Å². The van der Waals surface area contributed by atoms with Crippen molar-refractivity contribution in [3.05, 3.63) is 12.2 Å². The lowest BCUT2D eigenvalue weighted by molar-refractivity contribution is -0.156. The molecule has 5 heteroatoms. The smallest absolute Gasteiger partial charge is 0.310 e. The lowest BCUT2D eigenvalue weighted by atomic mass is 9.86. The third-order valence-corrected chi connectivity index (χ3v) is 5.71. The fraction of sp³-hybridized carbons (Fsp3) is 0.815. The second kappa shape index (κ2) is 21.2. The summed E-state index contributed by atoms with van der Waals surface area (Å²) >= 11 is 0. The zero-order valence-electron chi connectivity index (χ0n) is 21.2. The maximum absolute atomic E-state index is 12.8. The van der Waals surface area contributed by atoms with Gasteiger partial charge in [-0.3, -0.25) is 9.59 Å². The first-order chi connectivity index (χ1) is 15.5. The fourth-order valence-electron chi connectivity index (χ4n) is 3.63. The van der Waals surface area contributed by atoms with Crippen molar-refractivity contribution in [3.63, 3.8) is 0 Å². The molecule has 0 aliphatic carbocycles. The molecule has 0 saturated heterocycles. The zero-order valence-corrected chi connectivity index (χ0v) is 21.2. The van der Waals surface area contributed by atoms with E-state index in [2.05, 4.69) is 26.0 Å². The number of esters is 2. The minimum Gasteiger partial charge on any atom is -0.466 e. The van der Waals surface area contributed by atoms with Gasteiger partial charge in [-0.05, 0) is 51.4 Å². The maximum Gasteiger partial charge on any atom is 0.310 e. The van der Waals surface area contributed by atoms with Gasteiger partial charge in [-0.15, -0.1) is 0 Å². The summed E-state index contributed by atoms with van der Waals surface area (Å²) in [5.41, 5.74) is 0. The second-order valence-corrected chi connectivity index (χ2v) is 8.77. The van der Waals surface area contributed by atoms with Gasteiger partial charge in [-0.25, -0.2) is 0 Å². The van der Waals surface area contributed by atoms with Crippen LogP contribution in [-0.2, 0) is 23.9 Å². The number of unbranched alkanes of at least 4 members (excludes halogenated alkanes) is 8. The van der Waals surface area contributed by atoms with Crippen molar-refractivity contribution >= 4 is 17.7 Å². The maximum atomic E-state index is 12.8. The van der Waals surface area contributed by atoms with Crippen LogP contribution in [0.5, 0.6) is 0 Å². The Morgan fingerprint density at radius 1 is 0.781 bits per heavy atom. The summed E-state index contributed by atoms with van der Waals surface area (Å²) in [6, 6.07) is 0. The summed E-state index contributed by atoms with van der Waals surface area (Å²) in [6.45, 7) is 8.73. The number of carbonyl (C=O) groups is 3. The molecule has 0 spiro atoms. The van der Waals surface area contributed by atoms with Crippen molar-refractivity contribution in [2.75, 3.05) is 13.2 Å². The monoisotopic (exact) mass is 452 g/mol. The summed E-state index contributed by atoms with van der Waals surface area (Å²) in [5, 5.41) is 0. The molecule has 0 saturated carbocycles. The quantitative estimate of drug-likeness (QED) is 0.107. The van der Waals surface area contributed by atoms with E-state index < -0.39 is 5.92 Å². The predicted molar refractivity (Wildman–Crippen MR) is 130 cm³/mol. The van der Waals surface area contributed by atoms with Gasteiger partial charge < -0.3 is 14.3 Å². The number of ether oxygens (including phenoxy) is 2. The van der Waals surface area contributed by atoms with Gasteiger partial charge in [-0.1, -0.05) is 71.4 Å². The average molecular weight is 453 g/mol. The van der Waals surface area contributed by atoms with E-state index in [9.17, 15) is 14.4 Å². The first-order valence-corrected chi connectivity index (χ1v) is 12.9. The molecule has 0 N–H and O–H groups in total. The number of hydrogen-bond donors (Lipinski definition) is 0. The van der Waals surface area contributed by atoms with E-state index in [1.807, 2.05) is 6.92 Å². The van der Waals surface area contributed by atoms with Gasteiger partial charge in [-0.2, -0.15) is 0 Å². The van der Waals surface area contributed by atoms with Crippen molar-refractivity contribution in [3.8, 4) is 0 Å². The molecule has 0 aromatic rings. The van der Waals surface area contributed by atoms with Gasteiger partial charge in [0.1, 0.15) is 5.78 Å². The summed E-state index contributed by atoms with van der Waals surface area (Å²) in [7, 11) is 0. The fourth-order valence-corrected chi connectivity index (χ4v) is 3.63. The first-order valence-electron chi connectivity index (χ1n) is 12.9. The number of carbonyl (C=O) groups excluding carboxylic acids is 3. The van der Waals surface area contributed by atoms with Gasteiger partial charge in [0.25, 0.3) is 0 Å². The van der Waals surface area contributed by atoms with Gasteiger partial charge in [0.05, 0.1) is 25.6 Å². The Bertz CT molecular complexity index is 526. The summed E-state index contributed by atoms with van der Waals surface area (Å²) in [4.78, 5) is 36.1. The van der Waals surface area contributed by atoms with Crippen LogP contribution in [0.15, 0.2) is 12.2 Å². The number of Topliss-reactive ketones (excluding diaryl/α,β-unsaturated/α-hetero) is 1. The molecule has 0 heterocycles. The molecular formula is C27H48O5. The highest BCUT2D eigenvalue weighted by Crippen LogP contribution is 2.24. The summed E-state index contributed by atoms with van der Waals surface area (Å²) in [5.74, 6) is -0.866. The molecule has 5 nitrogen and oxygen atoms in total. The highest BCUT2D eigenvalue weighted by molar-refractivity contribution is 5.80. The van der Waals surface area contributed by atoms with Crippen LogP contribution >= 0.6 is 0 Å². The van der Waals surface area contributed by atoms with Crippen LogP contribution < -0.4 is 0 Å². The van der Waals surface area contributed by atoms with Gasteiger partial charge in [0.15, 0.2) is 0 Å². The van der Waals surface area contributed by atoms with Crippen molar-refractivity contribution in [2.24, 2.45) is 11.8 Å². The van der Waals surface area contributed by atoms with Crippen molar-refractivity contribution in [1.82, 2.24) is 0 Å². The Kier molecular flexibility index (Phi) is 20.1. The molecule has 0 aliphatic heterocycles. The minimum absolute atomic E-state index is 0.0328. The third kappa shape index (κ3) is 17.0. The molecule has 0 aromatic carbocycles. The van der Waals surface area contributed by atoms with Gasteiger partial charge in [0, 0.05) is 6.42 Å². The van der Waals surface area contributed by atoms with Crippen LogP contribution in [0.25, 0.3) is 0 Å². The Balaban J connectivity index is 4.72. The molecule has 2 atom stereocenters. The highest BCUT2D eigenvalue weighted by atomic mass is 16.5. The minimum atomic E-state index is -0.493. The van der Waals surface area contributed by atoms with E-state index >= 15 is 0 Å². The molecule has 0 amide bonds. The van der Waals surface area contributed by atoms with E-state index in [0.29, 0.717) is 19.6 Å².